The Morgan fingerprint density at radius 1 is 1.73 bits per heavy atom. The van der Waals surface area contributed by atoms with Gasteiger partial charge in [0, 0.05) is 11.8 Å². The number of carboxylic acids is 1. The summed E-state index contributed by atoms with van der Waals surface area (Å²) < 4.78 is 1.24. The summed E-state index contributed by atoms with van der Waals surface area (Å²) in [5.41, 5.74) is 0.135. The Morgan fingerprint density at radius 3 is 2.67 bits per heavy atom. The van der Waals surface area contributed by atoms with Crippen LogP contribution in [0.25, 0.3) is 5.57 Å². The molecule has 2 N–H and O–H groups in total. The lowest BCUT2D eigenvalue weighted by Gasteiger charge is -2.22. The van der Waals surface area contributed by atoms with E-state index in [4.69, 9.17) is 10.2 Å². The zero-order valence-corrected chi connectivity index (χ0v) is 8.77. The van der Waals surface area contributed by atoms with E-state index in [9.17, 15) is 4.79 Å². The number of carboxylic acid groups (broad SMARTS) is 1. The quantitative estimate of drug-likeness (QED) is 0.767. The second-order valence-electron chi connectivity index (χ2n) is 3.69. The fourth-order valence-corrected chi connectivity index (χ4v) is 1.05. The van der Waals surface area contributed by atoms with Crippen LogP contribution in [-0.2, 0) is 10.3 Å². The molecule has 0 spiro atoms. The zero-order chi connectivity index (χ0) is 11.6. The van der Waals surface area contributed by atoms with Gasteiger partial charge in [0.2, 0.25) is 0 Å². The summed E-state index contributed by atoms with van der Waals surface area (Å²) in [6, 6.07) is 0. The fourth-order valence-electron chi connectivity index (χ4n) is 1.05. The Balaban J connectivity index is 3.14. The van der Waals surface area contributed by atoms with Gasteiger partial charge in [-0.25, -0.2) is 4.79 Å². The van der Waals surface area contributed by atoms with Crippen molar-refractivity contribution < 1.29 is 15.0 Å². The first-order valence-electron chi connectivity index (χ1n) is 4.47. The van der Waals surface area contributed by atoms with Gasteiger partial charge < -0.3 is 10.2 Å². The zero-order valence-electron chi connectivity index (χ0n) is 8.77. The van der Waals surface area contributed by atoms with Crippen LogP contribution < -0.4 is 0 Å². The Kier molecular flexibility index (Phi) is 2.95. The molecule has 0 aliphatic rings. The standard InChI is InChI=1S/C10H14N2O3/c1-7(2)8-4-11-12(5-8)10(3,6-13)9(14)15/h4-5,13H,1,6H2,2-3H3,(H,14,15). The molecule has 82 valence electrons. The van der Waals surface area contributed by atoms with Gasteiger partial charge in [0.1, 0.15) is 0 Å². The van der Waals surface area contributed by atoms with Crippen LogP contribution in [0.2, 0.25) is 0 Å². The molecule has 1 unspecified atom stereocenters. The molecule has 0 fully saturated rings. The number of aromatic nitrogens is 2. The summed E-state index contributed by atoms with van der Waals surface area (Å²) in [6.45, 7) is 6.43. The molecule has 15 heavy (non-hydrogen) atoms. The Bertz CT molecular complexity index is 397. The topological polar surface area (TPSA) is 75.3 Å². The Morgan fingerprint density at radius 2 is 2.33 bits per heavy atom. The average molecular weight is 210 g/mol. The molecule has 0 aliphatic heterocycles. The normalized spacial score (nSPS) is 14.6. The minimum Gasteiger partial charge on any atom is -0.479 e. The molecule has 0 bridgehead atoms. The number of allylic oxidation sites excluding steroid dienone is 1. The highest BCUT2D eigenvalue weighted by atomic mass is 16.4. The van der Waals surface area contributed by atoms with Crippen molar-refractivity contribution in [1.29, 1.82) is 0 Å². The lowest BCUT2D eigenvalue weighted by Crippen LogP contribution is -2.42. The molecule has 0 saturated heterocycles. The van der Waals surface area contributed by atoms with Gasteiger partial charge in [-0.2, -0.15) is 5.10 Å². The van der Waals surface area contributed by atoms with E-state index in [0.29, 0.717) is 0 Å². The predicted octanol–water partition coefficient (Wildman–Crippen LogP) is 0.708. The lowest BCUT2D eigenvalue weighted by molar-refractivity contribution is -0.149. The average Bonchev–Trinajstić information content (AvgIpc) is 2.65. The van der Waals surface area contributed by atoms with E-state index < -0.39 is 18.1 Å². The third kappa shape index (κ3) is 1.92. The van der Waals surface area contributed by atoms with Gasteiger partial charge in [0.15, 0.2) is 5.54 Å². The van der Waals surface area contributed by atoms with Crippen molar-refractivity contribution >= 4 is 11.5 Å². The molecule has 1 atom stereocenters. The van der Waals surface area contributed by atoms with E-state index in [1.807, 2.05) is 0 Å². The fraction of sp³-hybridized carbons (Fsp3) is 0.400. The van der Waals surface area contributed by atoms with Crippen molar-refractivity contribution in [3.05, 3.63) is 24.5 Å². The third-order valence-electron chi connectivity index (χ3n) is 2.35. The number of carbonyl (C=O) groups is 1. The van der Waals surface area contributed by atoms with Crippen molar-refractivity contribution in [1.82, 2.24) is 9.78 Å². The van der Waals surface area contributed by atoms with Gasteiger partial charge in [-0.05, 0) is 19.4 Å². The number of aliphatic hydroxyl groups is 1. The molecule has 0 saturated carbocycles. The van der Waals surface area contributed by atoms with Crippen LogP contribution >= 0.6 is 0 Å². The summed E-state index contributed by atoms with van der Waals surface area (Å²) in [4.78, 5) is 11.0. The van der Waals surface area contributed by atoms with E-state index in [2.05, 4.69) is 11.7 Å². The molecule has 1 rings (SSSR count). The highest BCUT2D eigenvalue weighted by molar-refractivity contribution is 5.76. The number of rotatable bonds is 4. The van der Waals surface area contributed by atoms with Gasteiger partial charge in [0.25, 0.3) is 0 Å². The highest BCUT2D eigenvalue weighted by Crippen LogP contribution is 2.18. The van der Waals surface area contributed by atoms with E-state index in [1.54, 1.807) is 13.1 Å². The third-order valence-corrected chi connectivity index (χ3v) is 2.35. The molecule has 5 nitrogen and oxygen atoms in total. The van der Waals surface area contributed by atoms with E-state index in [1.165, 1.54) is 17.8 Å². The van der Waals surface area contributed by atoms with Crippen LogP contribution in [0, 0.1) is 0 Å². The van der Waals surface area contributed by atoms with E-state index in [-0.39, 0.29) is 0 Å². The molecule has 1 aromatic heterocycles. The van der Waals surface area contributed by atoms with Gasteiger partial charge in [-0.1, -0.05) is 6.58 Å². The minimum atomic E-state index is -1.42. The van der Waals surface area contributed by atoms with Crippen LogP contribution in [-0.4, -0.2) is 32.6 Å². The number of nitrogens with zero attached hydrogens (tertiary/aromatic N) is 2. The van der Waals surface area contributed by atoms with Crippen molar-refractivity contribution in [2.75, 3.05) is 6.61 Å². The van der Waals surface area contributed by atoms with Crippen LogP contribution in [0.1, 0.15) is 19.4 Å². The van der Waals surface area contributed by atoms with E-state index >= 15 is 0 Å². The highest BCUT2D eigenvalue weighted by Gasteiger charge is 2.35. The van der Waals surface area contributed by atoms with Crippen molar-refractivity contribution in [2.45, 2.75) is 19.4 Å². The second kappa shape index (κ2) is 3.86. The van der Waals surface area contributed by atoms with Crippen molar-refractivity contribution in [2.24, 2.45) is 0 Å². The Hall–Kier alpha value is -1.62. The van der Waals surface area contributed by atoms with Gasteiger partial charge in [-0.15, -0.1) is 0 Å². The minimum absolute atomic E-state index is 0.514. The summed E-state index contributed by atoms with van der Waals surface area (Å²) in [7, 11) is 0. The van der Waals surface area contributed by atoms with Crippen molar-refractivity contribution in [3.63, 3.8) is 0 Å². The monoisotopic (exact) mass is 210 g/mol. The molecule has 1 aromatic rings. The smallest absolute Gasteiger partial charge is 0.333 e. The molecule has 5 heteroatoms. The summed E-state index contributed by atoms with van der Waals surface area (Å²) in [5, 5.41) is 22.0. The molecular formula is C10H14N2O3. The SMILES string of the molecule is C=C(C)c1cnn(C(C)(CO)C(=O)O)c1. The second-order valence-corrected chi connectivity index (χ2v) is 3.69. The van der Waals surface area contributed by atoms with Gasteiger partial charge in [-0.3, -0.25) is 4.68 Å². The molecule has 1 heterocycles. The summed E-state index contributed by atoms with van der Waals surface area (Å²) in [5.74, 6) is -1.12. The number of hydrogen-bond acceptors (Lipinski definition) is 3. The lowest BCUT2D eigenvalue weighted by atomic mass is 10.1. The molecule has 0 aliphatic carbocycles. The predicted molar refractivity (Wildman–Crippen MR) is 55.3 cm³/mol. The van der Waals surface area contributed by atoms with Crippen LogP contribution in [0.4, 0.5) is 0 Å². The molecule has 0 amide bonds. The maximum atomic E-state index is 11.0. The van der Waals surface area contributed by atoms with Crippen LogP contribution in [0.5, 0.6) is 0 Å². The maximum absolute atomic E-state index is 11.0. The van der Waals surface area contributed by atoms with Gasteiger partial charge in [0.05, 0.1) is 12.8 Å². The van der Waals surface area contributed by atoms with E-state index in [0.717, 1.165) is 11.1 Å². The maximum Gasteiger partial charge on any atom is 0.333 e. The first kappa shape index (κ1) is 11.5. The number of hydrogen-bond donors (Lipinski definition) is 2. The number of aliphatic carboxylic acids is 1. The van der Waals surface area contributed by atoms with Crippen molar-refractivity contribution in [3.8, 4) is 0 Å². The van der Waals surface area contributed by atoms with Gasteiger partial charge >= 0.3 is 5.97 Å². The first-order valence-corrected chi connectivity index (χ1v) is 4.47. The van der Waals surface area contributed by atoms with Crippen LogP contribution in [0.3, 0.4) is 0 Å². The molecule has 0 aromatic carbocycles. The largest absolute Gasteiger partial charge is 0.479 e. The summed E-state index contributed by atoms with van der Waals surface area (Å²) >= 11 is 0. The molecule has 0 radical (unpaired) electrons. The molecular weight excluding hydrogens is 196 g/mol. The number of aliphatic hydroxyl groups excluding tert-OH is 1. The Labute approximate surface area is 87.7 Å². The van der Waals surface area contributed by atoms with Crippen LogP contribution in [0.15, 0.2) is 19.0 Å². The summed E-state index contributed by atoms with van der Waals surface area (Å²) in [6.07, 6.45) is 3.09. The first-order chi connectivity index (χ1) is 6.91.